The van der Waals surface area contributed by atoms with Crippen LogP contribution in [0.5, 0.6) is 0 Å². The second kappa shape index (κ2) is 12.7. The highest BCUT2D eigenvalue weighted by atomic mass is 16.6. The molecule has 10 heteroatoms. The van der Waals surface area contributed by atoms with Crippen LogP contribution in [0.4, 0.5) is 5.82 Å². The number of ether oxygens (including phenoxy) is 2. The molecule has 0 aliphatic carbocycles. The van der Waals surface area contributed by atoms with Gasteiger partial charge < -0.3 is 25.4 Å². The standard InChI is InChI=1S/C15H22N4O3.C3H8O2.CHN/c1-10(2)15(20)22-8-12(21-3)6-4-11-5-7-13-14(16)17-9-18-19(11)13;1-3(2,4)5;1-2/h5,7,9-10,12H,4,6,8H2,1-3H3,(H2,16,17,18);4-5H,1-2H3;1H. The van der Waals surface area contributed by atoms with E-state index in [2.05, 4.69) is 16.7 Å². The van der Waals surface area contributed by atoms with Crippen LogP contribution in [0.3, 0.4) is 0 Å². The lowest BCUT2D eigenvalue weighted by Gasteiger charge is -2.16. The largest absolute Gasteiger partial charge is 0.463 e. The second-order valence-electron chi connectivity index (χ2n) is 6.94. The smallest absolute Gasteiger partial charge is 0.308 e. The predicted octanol–water partition coefficient (Wildman–Crippen LogP) is 1.31. The Balaban J connectivity index is 0.000000977. The first kappa shape index (κ1) is 26.3. The van der Waals surface area contributed by atoms with Gasteiger partial charge in [-0.1, -0.05) is 13.8 Å². The zero-order valence-electron chi connectivity index (χ0n) is 17.6. The lowest BCUT2D eigenvalue weighted by Crippen LogP contribution is -2.23. The minimum absolute atomic E-state index is 0.133. The number of aryl methyl sites for hydroxylation is 1. The predicted molar refractivity (Wildman–Crippen MR) is 108 cm³/mol. The summed E-state index contributed by atoms with van der Waals surface area (Å²) in [7, 11) is 1.62. The van der Waals surface area contributed by atoms with Crippen LogP contribution in [0.1, 0.15) is 39.8 Å². The van der Waals surface area contributed by atoms with E-state index in [9.17, 15) is 4.79 Å². The highest BCUT2D eigenvalue weighted by Gasteiger charge is 2.15. The monoisotopic (exact) mass is 409 g/mol. The molecule has 1 unspecified atom stereocenters. The molecule has 0 radical (unpaired) electrons. The maximum absolute atomic E-state index is 11.5. The van der Waals surface area contributed by atoms with Gasteiger partial charge in [-0.05, 0) is 38.8 Å². The summed E-state index contributed by atoms with van der Waals surface area (Å²) in [6, 6.07) is 3.86. The van der Waals surface area contributed by atoms with E-state index in [1.54, 1.807) is 25.5 Å². The van der Waals surface area contributed by atoms with Gasteiger partial charge in [0.15, 0.2) is 11.6 Å². The van der Waals surface area contributed by atoms with Gasteiger partial charge in [0.05, 0.1) is 12.0 Å². The van der Waals surface area contributed by atoms with Crippen molar-refractivity contribution < 1.29 is 24.5 Å². The van der Waals surface area contributed by atoms with Crippen LogP contribution in [-0.2, 0) is 20.7 Å². The van der Waals surface area contributed by atoms with Crippen LogP contribution in [0.25, 0.3) is 5.52 Å². The van der Waals surface area contributed by atoms with Gasteiger partial charge in [-0.25, -0.2) is 14.8 Å². The van der Waals surface area contributed by atoms with Gasteiger partial charge in [-0.3, -0.25) is 4.79 Å². The molecule has 4 N–H and O–H groups in total. The first-order valence-corrected chi connectivity index (χ1v) is 9.00. The average molecular weight is 409 g/mol. The van der Waals surface area contributed by atoms with E-state index in [0.29, 0.717) is 5.82 Å². The van der Waals surface area contributed by atoms with Crippen LogP contribution in [0.2, 0.25) is 0 Å². The molecule has 162 valence electrons. The maximum Gasteiger partial charge on any atom is 0.308 e. The van der Waals surface area contributed by atoms with Crippen molar-refractivity contribution in [2.75, 3.05) is 19.5 Å². The molecule has 0 saturated heterocycles. The van der Waals surface area contributed by atoms with Gasteiger partial charge in [0.2, 0.25) is 0 Å². The normalized spacial score (nSPS) is 11.8. The first-order chi connectivity index (χ1) is 13.5. The second-order valence-corrected chi connectivity index (χ2v) is 6.94. The molecule has 2 rings (SSSR count). The van der Waals surface area contributed by atoms with E-state index in [1.165, 1.54) is 20.2 Å². The number of nitrogen functional groups attached to an aromatic ring is 1. The van der Waals surface area contributed by atoms with Gasteiger partial charge in [0.1, 0.15) is 18.5 Å². The molecule has 0 aromatic carbocycles. The van der Waals surface area contributed by atoms with Crippen molar-refractivity contribution in [3.63, 3.8) is 0 Å². The number of esters is 1. The molecule has 2 heterocycles. The fourth-order valence-corrected chi connectivity index (χ4v) is 2.12. The zero-order chi connectivity index (χ0) is 22.6. The maximum atomic E-state index is 11.5. The highest BCUT2D eigenvalue weighted by Crippen LogP contribution is 2.15. The summed E-state index contributed by atoms with van der Waals surface area (Å²) in [6.07, 6.45) is 2.75. The summed E-state index contributed by atoms with van der Waals surface area (Å²) >= 11 is 0. The molecule has 2 aromatic heterocycles. The van der Waals surface area contributed by atoms with Crippen molar-refractivity contribution in [3.05, 3.63) is 24.2 Å². The van der Waals surface area contributed by atoms with Gasteiger partial charge >= 0.3 is 5.97 Å². The Hall–Kier alpha value is -2.74. The molecule has 10 nitrogen and oxygen atoms in total. The SMILES string of the molecule is C#N.CC(C)(O)O.COC(CCc1ccc2c(N)ncnn12)COC(=O)C(C)C. The van der Waals surface area contributed by atoms with Crippen molar-refractivity contribution in [2.24, 2.45) is 5.92 Å². The molecule has 1 atom stereocenters. The fraction of sp³-hybridized carbons (Fsp3) is 0.579. The van der Waals surface area contributed by atoms with E-state index in [1.807, 2.05) is 12.1 Å². The molecule has 0 saturated carbocycles. The topological polar surface area (TPSA) is 156 Å². The van der Waals surface area contributed by atoms with Gasteiger partial charge in [0, 0.05) is 19.4 Å². The van der Waals surface area contributed by atoms with Crippen molar-refractivity contribution in [3.8, 4) is 6.57 Å². The van der Waals surface area contributed by atoms with E-state index >= 15 is 0 Å². The number of hydrogen-bond donors (Lipinski definition) is 3. The molecule has 0 spiro atoms. The minimum Gasteiger partial charge on any atom is -0.463 e. The summed E-state index contributed by atoms with van der Waals surface area (Å²) in [5, 5.41) is 26.9. The Morgan fingerprint density at radius 2 is 1.93 bits per heavy atom. The number of aliphatic hydroxyl groups is 2. The van der Waals surface area contributed by atoms with Crippen LogP contribution < -0.4 is 5.73 Å². The van der Waals surface area contributed by atoms with Gasteiger partial charge in [-0.15, -0.1) is 0 Å². The van der Waals surface area contributed by atoms with Crippen LogP contribution >= 0.6 is 0 Å². The number of nitriles is 1. The molecule has 0 aliphatic rings. The number of anilines is 1. The number of methoxy groups -OCH3 is 1. The number of carbonyl (C=O) groups is 1. The Bertz CT molecular complexity index is 761. The first-order valence-electron chi connectivity index (χ1n) is 9.00. The van der Waals surface area contributed by atoms with Crippen LogP contribution in [0, 0.1) is 17.8 Å². The Morgan fingerprint density at radius 3 is 2.45 bits per heavy atom. The van der Waals surface area contributed by atoms with E-state index in [4.69, 9.17) is 30.7 Å². The summed E-state index contributed by atoms with van der Waals surface area (Å²) < 4.78 is 12.4. The highest BCUT2D eigenvalue weighted by molar-refractivity contribution is 5.71. The molecular formula is C19H31N5O5. The minimum atomic E-state index is -1.50. The third-order valence-electron chi connectivity index (χ3n) is 3.50. The number of hydrogen-bond acceptors (Lipinski definition) is 9. The van der Waals surface area contributed by atoms with E-state index in [-0.39, 0.29) is 24.6 Å². The molecule has 2 aromatic rings. The van der Waals surface area contributed by atoms with Crippen LogP contribution in [-0.4, -0.2) is 56.4 Å². The fourth-order valence-electron chi connectivity index (χ4n) is 2.12. The molecule has 29 heavy (non-hydrogen) atoms. The summed E-state index contributed by atoms with van der Waals surface area (Å²) in [5.41, 5.74) is 7.61. The molecule has 0 aliphatic heterocycles. The van der Waals surface area contributed by atoms with Crippen molar-refractivity contribution >= 4 is 17.3 Å². The summed E-state index contributed by atoms with van der Waals surface area (Å²) in [6.45, 7) is 9.97. The summed E-state index contributed by atoms with van der Waals surface area (Å²) in [5.74, 6) is -1.39. The lowest BCUT2D eigenvalue weighted by atomic mass is 10.1. The van der Waals surface area contributed by atoms with E-state index < -0.39 is 5.79 Å². The average Bonchev–Trinajstić information content (AvgIpc) is 3.06. The Kier molecular flexibility index (Phi) is 11.5. The third-order valence-corrected chi connectivity index (χ3v) is 3.50. The quantitative estimate of drug-likeness (QED) is 0.453. The number of rotatable bonds is 7. The zero-order valence-corrected chi connectivity index (χ0v) is 17.6. The Morgan fingerprint density at radius 1 is 1.34 bits per heavy atom. The van der Waals surface area contributed by atoms with E-state index in [0.717, 1.165) is 24.1 Å². The number of nitrogens with two attached hydrogens (primary N) is 1. The molecular weight excluding hydrogens is 378 g/mol. The molecule has 0 bridgehead atoms. The summed E-state index contributed by atoms with van der Waals surface area (Å²) in [4.78, 5) is 15.5. The third kappa shape index (κ3) is 10.4. The number of carbonyl (C=O) groups excluding carboxylic acids is 1. The number of aromatic nitrogens is 3. The molecule has 0 amide bonds. The van der Waals surface area contributed by atoms with Crippen molar-refractivity contribution in [2.45, 2.75) is 52.4 Å². The number of fused-ring (bicyclic) bond motifs is 1. The van der Waals surface area contributed by atoms with Gasteiger partial charge in [-0.2, -0.15) is 5.10 Å². The molecule has 0 fully saturated rings. The van der Waals surface area contributed by atoms with Crippen molar-refractivity contribution in [1.82, 2.24) is 14.6 Å². The number of nitrogens with zero attached hydrogens (tertiary/aromatic N) is 4. The van der Waals surface area contributed by atoms with Crippen LogP contribution in [0.15, 0.2) is 18.5 Å². The van der Waals surface area contributed by atoms with Crippen molar-refractivity contribution in [1.29, 1.82) is 5.26 Å². The Labute approximate surface area is 170 Å². The lowest BCUT2D eigenvalue weighted by molar-refractivity contribution is -0.151. The van der Waals surface area contributed by atoms with Gasteiger partial charge in [0.25, 0.3) is 0 Å².